The summed E-state index contributed by atoms with van der Waals surface area (Å²) in [5.41, 5.74) is 2.44. The van der Waals surface area contributed by atoms with Crippen LogP contribution in [-0.2, 0) is 16.4 Å². The molecule has 1 aromatic rings. The van der Waals surface area contributed by atoms with Gasteiger partial charge in [-0.1, -0.05) is 48.1 Å². The lowest BCUT2D eigenvalue weighted by atomic mass is 10.1. The van der Waals surface area contributed by atoms with E-state index in [0.717, 1.165) is 11.1 Å². The molecule has 0 fully saturated rings. The molecular formula is C17H20N2O3S. The monoisotopic (exact) mass is 332 g/mol. The summed E-state index contributed by atoms with van der Waals surface area (Å²) in [7, 11) is -3.76. The second-order valence-corrected chi connectivity index (χ2v) is 7.23. The average molecular weight is 332 g/mol. The molecule has 1 atom stereocenters. The van der Waals surface area contributed by atoms with Gasteiger partial charge in [-0.3, -0.25) is 0 Å². The van der Waals surface area contributed by atoms with Gasteiger partial charge >= 0.3 is 6.03 Å². The molecule has 1 aromatic carbocycles. The average Bonchev–Trinajstić information content (AvgIpc) is 2.49. The normalized spacial score (nSPS) is 17.3. The number of amides is 2. The van der Waals surface area contributed by atoms with Crippen LogP contribution in [0.25, 0.3) is 0 Å². The van der Waals surface area contributed by atoms with Crippen LogP contribution in [0.4, 0.5) is 10.5 Å². The van der Waals surface area contributed by atoms with E-state index in [1.54, 1.807) is 30.4 Å². The lowest BCUT2D eigenvalue weighted by Gasteiger charge is -2.17. The van der Waals surface area contributed by atoms with Crippen LogP contribution in [-0.4, -0.2) is 19.7 Å². The third-order valence-corrected chi connectivity index (χ3v) is 5.13. The summed E-state index contributed by atoms with van der Waals surface area (Å²) in [4.78, 5) is 12.0. The SMILES string of the molecule is C=CCc1ccccc1NC(=O)NS(=O)(=O)C1C=CC(C)=CC1. The fraction of sp³-hybridized carbons (Fsp3) is 0.235. The van der Waals surface area contributed by atoms with E-state index in [9.17, 15) is 13.2 Å². The highest BCUT2D eigenvalue weighted by Gasteiger charge is 2.25. The van der Waals surface area contributed by atoms with E-state index >= 15 is 0 Å². The molecule has 122 valence electrons. The molecule has 0 spiro atoms. The van der Waals surface area contributed by atoms with E-state index in [1.165, 1.54) is 0 Å². The minimum absolute atomic E-state index is 0.359. The lowest BCUT2D eigenvalue weighted by Crippen LogP contribution is -2.40. The van der Waals surface area contributed by atoms with E-state index in [4.69, 9.17) is 0 Å². The van der Waals surface area contributed by atoms with Gasteiger partial charge in [0, 0.05) is 5.69 Å². The highest BCUT2D eigenvalue weighted by molar-refractivity contribution is 7.90. The number of benzene rings is 1. The summed E-state index contributed by atoms with van der Waals surface area (Å²) in [6.45, 7) is 5.56. The van der Waals surface area contributed by atoms with E-state index in [1.807, 2.05) is 25.1 Å². The van der Waals surface area contributed by atoms with Crippen molar-refractivity contribution in [2.45, 2.75) is 25.0 Å². The molecule has 2 rings (SSSR count). The number of carbonyl (C=O) groups excluding carboxylic acids is 1. The Labute approximate surface area is 136 Å². The molecule has 0 radical (unpaired) electrons. The Morgan fingerprint density at radius 3 is 2.78 bits per heavy atom. The highest BCUT2D eigenvalue weighted by Crippen LogP contribution is 2.18. The molecule has 1 aliphatic rings. The van der Waals surface area contributed by atoms with Crippen molar-refractivity contribution in [3.8, 4) is 0 Å². The number of allylic oxidation sites excluding steroid dienone is 4. The molecule has 0 bridgehead atoms. The maximum Gasteiger partial charge on any atom is 0.332 e. The molecule has 1 aliphatic carbocycles. The topological polar surface area (TPSA) is 75.3 Å². The Kier molecular flexibility index (Phi) is 5.39. The van der Waals surface area contributed by atoms with Gasteiger partial charge in [-0.15, -0.1) is 6.58 Å². The molecular weight excluding hydrogens is 312 g/mol. The number of urea groups is 1. The molecule has 0 saturated heterocycles. The Hall–Kier alpha value is -2.34. The first-order chi connectivity index (χ1) is 10.9. The van der Waals surface area contributed by atoms with Gasteiger partial charge in [0.15, 0.2) is 0 Å². The quantitative estimate of drug-likeness (QED) is 0.813. The first kappa shape index (κ1) is 17.0. The van der Waals surface area contributed by atoms with Crippen molar-refractivity contribution in [3.05, 3.63) is 66.3 Å². The van der Waals surface area contributed by atoms with Crippen LogP contribution in [0.3, 0.4) is 0 Å². The zero-order valence-electron chi connectivity index (χ0n) is 13.0. The zero-order chi connectivity index (χ0) is 16.9. The van der Waals surface area contributed by atoms with Crippen LogP contribution in [0.2, 0.25) is 0 Å². The fourth-order valence-corrected chi connectivity index (χ4v) is 3.36. The van der Waals surface area contributed by atoms with Gasteiger partial charge in [0.1, 0.15) is 5.25 Å². The van der Waals surface area contributed by atoms with Crippen molar-refractivity contribution in [1.29, 1.82) is 0 Å². The largest absolute Gasteiger partial charge is 0.332 e. The minimum atomic E-state index is -3.76. The van der Waals surface area contributed by atoms with Crippen molar-refractivity contribution >= 4 is 21.7 Å². The van der Waals surface area contributed by atoms with Crippen LogP contribution in [0.15, 0.2) is 60.7 Å². The first-order valence-corrected chi connectivity index (χ1v) is 8.83. The van der Waals surface area contributed by atoms with Gasteiger partial charge in [-0.2, -0.15) is 0 Å². The smallest absolute Gasteiger partial charge is 0.307 e. The number of anilines is 1. The minimum Gasteiger partial charge on any atom is -0.307 e. The number of para-hydroxylation sites is 1. The summed E-state index contributed by atoms with van der Waals surface area (Å²) in [5, 5.41) is 1.85. The van der Waals surface area contributed by atoms with Crippen LogP contribution in [0.5, 0.6) is 0 Å². The van der Waals surface area contributed by atoms with Gasteiger partial charge < -0.3 is 5.32 Å². The Balaban J connectivity index is 2.05. The number of rotatable bonds is 5. The summed E-state index contributed by atoms with van der Waals surface area (Å²) in [5.74, 6) is 0. The van der Waals surface area contributed by atoms with E-state index in [0.29, 0.717) is 18.5 Å². The second kappa shape index (κ2) is 7.28. The number of sulfonamides is 1. The first-order valence-electron chi connectivity index (χ1n) is 7.29. The van der Waals surface area contributed by atoms with Gasteiger partial charge in [0.25, 0.3) is 0 Å². The number of hydrogen-bond donors (Lipinski definition) is 2. The molecule has 2 N–H and O–H groups in total. The van der Waals surface area contributed by atoms with E-state index < -0.39 is 21.3 Å². The van der Waals surface area contributed by atoms with Gasteiger partial charge in [0.05, 0.1) is 0 Å². The maximum absolute atomic E-state index is 12.2. The van der Waals surface area contributed by atoms with Gasteiger partial charge in [0.2, 0.25) is 10.0 Å². The predicted octanol–water partition coefficient (Wildman–Crippen LogP) is 3.14. The summed E-state index contributed by atoms with van der Waals surface area (Å²) < 4.78 is 26.5. The van der Waals surface area contributed by atoms with Crippen molar-refractivity contribution in [3.63, 3.8) is 0 Å². The Morgan fingerprint density at radius 1 is 1.39 bits per heavy atom. The van der Waals surface area contributed by atoms with Crippen molar-refractivity contribution < 1.29 is 13.2 Å². The molecule has 2 amide bonds. The Bertz CT molecular complexity index is 764. The predicted molar refractivity (Wildman–Crippen MR) is 92.7 cm³/mol. The molecule has 5 nitrogen and oxygen atoms in total. The molecule has 1 unspecified atom stereocenters. The third kappa shape index (κ3) is 4.56. The fourth-order valence-electron chi connectivity index (χ4n) is 2.27. The molecule has 0 heterocycles. The van der Waals surface area contributed by atoms with Crippen molar-refractivity contribution in [2.24, 2.45) is 0 Å². The van der Waals surface area contributed by atoms with Crippen LogP contribution in [0, 0.1) is 0 Å². The second-order valence-electron chi connectivity index (χ2n) is 5.33. The third-order valence-electron chi connectivity index (χ3n) is 3.51. The standard InChI is InChI=1S/C17H20N2O3S/c1-3-6-14-7-4-5-8-16(14)18-17(20)19-23(21,22)15-11-9-13(2)10-12-15/h3-5,7-11,15H,1,6,12H2,2H3,(H2,18,19,20). The summed E-state index contributed by atoms with van der Waals surface area (Å²) >= 11 is 0. The van der Waals surface area contributed by atoms with Crippen LogP contribution < -0.4 is 10.0 Å². The Morgan fingerprint density at radius 2 is 2.13 bits per heavy atom. The maximum atomic E-state index is 12.2. The number of nitrogens with one attached hydrogen (secondary N) is 2. The van der Waals surface area contributed by atoms with Crippen LogP contribution >= 0.6 is 0 Å². The van der Waals surface area contributed by atoms with Crippen molar-refractivity contribution in [1.82, 2.24) is 4.72 Å². The number of carbonyl (C=O) groups is 1. The highest BCUT2D eigenvalue weighted by atomic mass is 32.2. The lowest BCUT2D eigenvalue weighted by molar-refractivity contribution is 0.256. The number of hydrogen-bond acceptors (Lipinski definition) is 3. The molecule has 0 aliphatic heterocycles. The van der Waals surface area contributed by atoms with E-state index in [2.05, 4.69) is 16.6 Å². The summed E-state index contributed by atoms with van der Waals surface area (Å²) in [6, 6.07) is 6.43. The molecule has 0 aromatic heterocycles. The molecule has 6 heteroatoms. The molecule has 0 saturated carbocycles. The zero-order valence-corrected chi connectivity index (χ0v) is 13.8. The van der Waals surface area contributed by atoms with Gasteiger partial charge in [-0.05, 0) is 31.4 Å². The van der Waals surface area contributed by atoms with Crippen LogP contribution in [0.1, 0.15) is 18.9 Å². The molecule has 23 heavy (non-hydrogen) atoms. The summed E-state index contributed by atoms with van der Waals surface area (Å²) in [6.07, 6.45) is 7.83. The van der Waals surface area contributed by atoms with Gasteiger partial charge in [-0.25, -0.2) is 17.9 Å². The van der Waals surface area contributed by atoms with Crippen molar-refractivity contribution in [2.75, 3.05) is 5.32 Å². The van der Waals surface area contributed by atoms with E-state index in [-0.39, 0.29) is 0 Å².